The van der Waals surface area contributed by atoms with Gasteiger partial charge in [0.25, 0.3) is 0 Å². The van der Waals surface area contributed by atoms with Crippen LogP contribution < -0.4 is 0 Å². The second-order valence-corrected chi connectivity index (χ2v) is 7.47. The van der Waals surface area contributed by atoms with Crippen LogP contribution in [0.2, 0.25) is 0 Å². The fraction of sp³-hybridized carbons (Fsp3) is 0.316. The van der Waals surface area contributed by atoms with E-state index in [1.807, 2.05) is 28.8 Å². The van der Waals surface area contributed by atoms with Gasteiger partial charge in [-0.25, -0.2) is 9.50 Å². The highest BCUT2D eigenvalue weighted by Crippen LogP contribution is 2.32. The fourth-order valence-electron chi connectivity index (χ4n) is 3.48. The van der Waals surface area contributed by atoms with Crippen LogP contribution in [0, 0.1) is 5.92 Å². The molecule has 0 radical (unpaired) electrons. The number of carbonyl (C=O) groups is 1. The van der Waals surface area contributed by atoms with E-state index in [4.69, 9.17) is 9.84 Å². The van der Waals surface area contributed by atoms with Gasteiger partial charge in [0.2, 0.25) is 0 Å². The van der Waals surface area contributed by atoms with Crippen molar-refractivity contribution in [3.63, 3.8) is 0 Å². The number of carbonyl (C=O) groups excluding carboxylic acids is 1. The summed E-state index contributed by atoms with van der Waals surface area (Å²) in [6.07, 6.45) is 3.11. The Bertz CT molecular complexity index is 963. The summed E-state index contributed by atoms with van der Waals surface area (Å²) in [5, 5.41) is 4.75. The molecule has 2 heterocycles. The van der Waals surface area contributed by atoms with Crippen molar-refractivity contribution in [2.24, 2.45) is 5.92 Å². The van der Waals surface area contributed by atoms with Crippen molar-refractivity contribution in [1.29, 1.82) is 0 Å². The number of ether oxygens (including phenoxy) is 1. The summed E-state index contributed by atoms with van der Waals surface area (Å²) in [4.78, 5) is 16.9. The number of fused-ring (bicyclic) bond motifs is 3. The SMILES string of the molecule is COCc1nn2c3c(cnc2c1-c1ccc(Br)cc1)C(=O)CC(C)C3. The number of hydrogen-bond acceptors (Lipinski definition) is 4. The predicted molar refractivity (Wildman–Crippen MR) is 98.7 cm³/mol. The zero-order valence-electron chi connectivity index (χ0n) is 14.1. The minimum Gasteiger partial charge on any atom is -0.378 e. The second kappa shape index (κ2) is 6.35. The lowest BCUT2D eigenvalue weighted by atomic mass is 9.88. The lowest BCUT2D eigenvalue weighted by molar-refractivity contribution is 0.0951. The molecule has 0 amide bonds. The Balaban J connectivity index is 1.99. The van der Waals surface area contributed by atoms with E-state index < -0.39 is 0 Å². The highest BCUT2D eigenvalue weighted by atomic mass is 79.9. The van der Waals surface area contributed by atoms with Gasteiger partial charge < -0.3 is 4.74 Å². The molecule has 3 aromatic rings. The van der Waals surface area contributed by atoms with Gasteiger partial charge in [-0.15, -0.1) is 0 Å². The molecule has 1 atom stereocenters. The molecule has 0 saturated heterocycles. The van der Waals surface area contributed by atoms with E-state index in [-0.39, 0.29) is 5.78 Å². The van der Waals surface area contributed by atoms with Gasteiger partial charge in [-0.05, 0) is 30.0 Å². The van der Waals surface area contributed by atoms with Crippen molar-refractivity contribution < 1.29 is 9.53 Å². The highest BCUT2D eigenvalue weighted by molar-refractivity contribution is 9.10. The monoisotopic (exact) mass is 399 g/mol. The Morgan fingerprint density at radius 3 is 2.76 bits per heavy atom. The number of aromatic nitrogens is 3. The zero-order chi connectivity index (χ0) is 17.6. The van der Waals surface area contributed by atoms with E-state index in [0.29, 0.717) is 24.5 Å². The molecule has 1 aromatic carbocycles. The van der Waals surface area contributed by atoms with E-state index >= 15 is 0 Å². The van der Waals surface area contributed by atoms with E-state index in [1.54, 1.807) is 13.3 Å². The summed E-state index contributed by atoms with van der Waals surface area (Å²) in [5.41, 5.74) is 5.25. The van der Waals surface area contributed by atoms with Crippen molar-refractivity contribution >= 4 is 27.4 Å². The molecule has 1 unspecified atom stereocenters. The van der Waals surface area contributed by atoms with Crippen LogP contribution in [-0.2, 0) is 17.8 Å². The topological polar surface area (TPSA) is 56.5 Å². The Labute approximate surface area is 154 Å². The van der Waals surface area contributed by atoms with Crippen molar-refractivity contribution in [1.82, 2.24) is 14.6 Å². The number of ketones is 1. The zero-order valence-corrected chi connectivity index (χ0v) is 15.7. The normalized spacial score (nSPS) is 17.1. The van der Waals surface area contributed by atoms with Crippen LogP contribution in [0.1, 0.15) is 35.1 Å². The summed E-state index contributed by atoms with van der Waals surface area (Å²) in [7, 11) is 1.66. The maximum absolute atomic E-state index is 12.4. The third-order valence-corrected chi connectivity index (χ3v) is 5.13. The third-order valence-electron chi connectivity index (χ3n) is 4.61. The Morgan fingerprint density at radius 1 is 1.28 bits per heavy atom. The lowest BCUT2D eigenvalue weighted by Crippen LogP contribution is -2.21. The maximum Gasteiger partial charge on any atom is 0.166 e. The summed E-state index contributed by atoms with van der Waals surface area (Å²) in [6.45, 7) is 2.50. The van der Waals surface area contributed by atoms with Gasteiger partial charge in [-0.3, -0.25) is 4.79 Å². The summed E-state index contributed by atoms with van der Waals surface area (Å²) in [6, 6.07) is 8.07. The molecule has 4 rings (SSSR count). The average Bonchev–Trinajstić information content (AvgIpc) is 2.94. The molecule has 0 bridgehead atoms. The summed E-state index contributed by atoms with van der Waals surface area (Å²) in [5.74, 6) is 0.467. The molecule has 128 valence electrons. The molecular weight excluding hydrogens is 382 g/mol. The van der Waals surface area contributed by atoms with Gasteiger partial charge in [-0.1, -0.05) is 35.0 Å². The molecule has 25 heavy (non-hydrogen) atoms. The Kier molecular flexibility index (Phi) is 4.17. The number of methoxy groups -OCH3 is 1. The van der Waals surface area contributed by atoms with Gasteiger partial charge in [0.15, 0.2) is 11.4 Å². The Morgan fingerprint density at radius 2 is 2.04 bits per heavy atom. The molecule has 0 spiro atoms. The molecule has 6 heteroatoms. The van der Waals surface area contributed by atoms with E-state index in [2.05, 4.69) is 27.8 Å². The number of Topliss-reactive ketones (excluding diaryl/α,β-unsaturated/α-hetero) is 1. The molecule has 0 aliphatic heterocycles. The summed E-state index contributed by atoms with van der Waals surface area (Å²) >= 11 is 3.47. The van der Waals surface area contributed by atoms with Gasteiger partial charge in [0.1, 0.15) is 0 Å². The quantitative estimate of drug-likeness (QED) is 0.665. The predicted octanol–water partition coefficient (Wildman–Crippen LogP) is 4.07. The van der Waals surface area contributed by atoms with Crippen LogP contribution in [0.25, 0.3) is 16.8 Å². The average molecular weight is 400 g/mol. The van der Waals surface area contributed by atoms with Crippen molar-refractivity contribution in [3.05, 3.63) is 51.9 Å². The largest absolute Gasteiger partial charge is 0.378 e. The minimum absolute atomic E-state index is 0.150. The first-order valence-electron chi connectivity index (χ1n) is 8.26. The molecule has 2 aromatic heterocycles. The van der Waals surface area contributed by atoms with E-state index in [9.17, 15) is 4.79 Å². The molecular formula is C19H18BrN3O2. The minimum atomic E-state index is 0.150. The van der Waals surface area contributed by atoms with E-state index in [1.165, 1.54) is 0 Å². The number of benzene rings is 1. The molecule has 1 aliphatic carbocycles. The maximum atomic E-state index is 12.4. The van der Waals surface area contributed by atoms with Crippen LogP contribution in [-0.4, -0.2) is 27.5 Å². The summed E-state index contributed by atoms with van der Waals surface area (Å²) < 4.78 is 8.21. The van der Waals surface area contributed by atoms with E-state index in [0.717, 1.165) is 39.1 Å². The van der Waals surface area contributed by atoms with Crippen molar-refractivity contribution in [3.8, 4) is 11.1 Å². The fourth-order valence-corrected chi connectivity index (χ4v) is 3.75. The van der Waals surface area contributed by atoms with Crippen LogP contribution in [0.3, 0.4) is 0 Å². The molecule has 0 saturated carbocycles. The van der Waals surface area contributed by atoms with Gasteiger partial charge in [0, 0.05) is 24.2 Å². The smallest absolute Gasteiger partial charge is 0.166 e. The molecule has 0 fully saturated rings. The van der Waals surface area contributed by atoms with Crippen LogP contribution >= 0.6 is 15.9 Å². The van der Waals surface area contributed by atoms with Gasteiger partial charge in [-0.2, -0.15) is 5.10 Å². The van der Waals surface area contributed by atoms with Crippen molar-refractivity contribution in [2.45, 2.75) is 26.4 Å². The van der Waals surface area contributed by atoms with Gasteiger partial charge in [0.05, 0.1) is 29.1 Å². The third kappa shape index (κ3) is 2.79. The molecule has 5 nitrogen and oxygen atoms in total. The lowest BCUT2D eigenvalue weighted by Gasteiger charge is -2.20. The number of rotatable bonds is 3. The number of nitrogens with zero attached hydrogens (tertiary/aromatic N) is 3. The van der Waals surface area contributed by atoms with Gasteiger partial charge >= 0.3 is 0 Å². The standard InChI is InChI=1S/C19H18BrN3O2/c1-11-7-16-14(17(24)8-11)9-21-19-18(12-3-5-13(20)6-4-12)15(10-25-2)22-23(16)19/h3-6,9,11H,7-8,10H2,1-2H3. The van der Waals surface area contributed by atoms with Crippen LogP contribution in [0.15, 0.2) is 34.9 Å². The first kappa shape index (κ1) is 16.4. The molecule has 1 aliphatic rings. The van der Waals surface area contributed by atoms with Crippen LogP contribution in [0.4, 0.5) is 0 Å². The first-order valence-corrected chi connectivity index (χ1v) is 9.05. The highest BCUT2D eigenvalue weighted by Gasteiger charge is 2.27. The first-order chi connectivity index (χ1) is 12.1. The number of halogens is 1. The van der Waals surface area contributed by atoms with Crippen molar-refractivity contribution in [2.75, 3.05) is 7.11 Å². The Hall–Kier alpha value is -2.05. The number of hydrogen-bond donors (Lipinski definition) is 0. The second-order valence-electron chi connectivity index (χ2n) is 6.55. The molecule has 0 N–H and O–H groups in total. The van der Waals surface area contributed by atoms with Crippen LogP contribution in [0.5, 0.6) is 0 Å².